The Morgan fingerprint density at radius 3 is 3.00 bits per heavy atom. The average Bonchev–Trinajstić information content (AvgIpc) is 3.22. The molecule has 136 valence electrons. The predicted molar refractivity (Wildman–Crippen MR) is 98.6 cm³/mol. The molecule has 0 spiro atoms. The van der Waals surface area contributed by atoms with Crippen molar-refractivity contribution in [2.24, 2.45) is 5.92 Å². The summed E-state index contributed by atoms with van der Waals surface area (Å²) >= 11 is 7.10. The number of carbonyl (C=O) groups excluding carboxylic acids is 3. The number of hydrogen-bond acceptors (Lipinski definition) is 6. The van der Waals surface area contributed by atoms with Gasteiger partial charge in [0.1, 0.15) is 0 Å². The summed E-state index contributed by atoms with van der Waals surface area (Å²) in [4.78, 5) is 41.9. The van der Waals surface area contributed by atoms with Gasteiger partial charge in [0.2, 0.25) is 11.8 Å². The highest BCUT2D eigenvalue weighted by atomic mass is 35.5. The lowest BCUT2D eigenvalue weighted by molar-refractivity contribution is -0.122. The maximum Gasteiger partial charge on any atom is 0.357 e. The molecule has 0 radical (unpaired) electrons. The number of amides is 2. The van der Waals surface area contributed by atoms with Gasteiger partial charge < -0.3 is 15.0 Å². The molecule has 1 atom stereocenters. The number of esters is 1. The van der Waals surface area contributed by atoms with E-state index in [9.17, 15) is 14.4 Å². The molecule has 1 aromatic heterocycles. The number of nitrogens with zero attached hydrogens (tertiary/aromatic N) is 2. The van der Waals surface area contributed by atoms with Gasteiger partial charge in [-0.1, -0.05) is 17.7 Å². The fourth-order valence-corrected chi connectivity index (χ4v) is 3.48. The molecule has 0 saturated carbocycles. The Kier molecular flexibility index (Phi) is 5.53. The van der Waals surface area contributed by atoms with Crippen molar-refractivity contribution in [1.29, 1.82) is 0 Å². The van der Waals surface area contributed by atoms with Crippen molar-refractivity contribution in [2.75, 3.05) is 23.4 Å². The van der Waals surface area contributed by atoms with Crippen LogP contribution in [0.15, 0.2) is 29.6 Å². The monoisotopic (exact) mass is 393 g/mol. The number of anilines is 2. The minimum absolute atomic E-state index is 0.106. The Morgan fingerprint density at radius 2 is 2.27 bits per heavy atom. The zero-order valence-electron chi connectivity index (χ0n) is 13.9. The van der Waals surface area contributed by atoms with Crippen LogP contribution in [0, 0.1) is 5.92 Å². The first-order valence-corrected chi connectivity index (χ1v) is 9.23. The van der Waals surface area contributed by atoms with Gasteiger partial charge in [-0.3, -0.25) is 9.59 Å². The third-order valence-corrected chi connectivity index (χ3v) is 4.83. The number of hydrogen-bond donors (Lipinski definition) is 1. The summed E-state index contributed by atoms with van der Waals surface area (Å²) in [5.74, 6) is -1.49. The molecular weight excluding hydrogens is 378 g/mol. The number of ether oxygens (including phenoxy) is 1. The summed E-state index contributed by atoms with van der Waals surface area (Å²) in [6.07, 6.45) is 0.106. The van der Waals surface area contributed by atoms with Crippen molar-refractivity contribution in [1.82, 2.24) is 4.98 Å². The average molecular weight is 394 g/mol. The van der Waals surface area contributed by atoms with Crippen LogP contribution in [-0.4, -0.2) is 35.9 Å². The number of aromatic nitrogens is 1. The molecule has 1 aliphatic heterocycles. The molecule has 2 heterocycles. The summed E-state index contributed by atoms with van der Waals surface area (Å²) in [5.41, 5.74) is 0.812. The molecule has 2 amide bonds. The maximum absolute atomic E-state index is 12.4. The van der Waals surface area contributed by atoms with E-state index in [0.717, 1.165) is 11.3 Å². The van der Waals surface area contributed by atoms with E-state index < -0.39 is 11.9 Å². The molecule has 7 nitrogen and oxygen atoms in total. The molecule has 0 bridgehead atoms. The normalized spacial score (nSPS) is 16.6. The minimum atomic E-state index is -0.535. The SMILES string of the molecule is CCOC(=O)c1csc(NC(=O)C2CC(=O)N(c3cccc(Cl)c3)C2)n1. The topological polar surface area (TPSA) is 88.6 Å². The van der Waals surface area contributed by atoms with Crippen LogP contribution < -0.4 is 10.2 Å². The van der Waals surface area contributed by atoms with E-state index in [4.69, 9.17) is 16.3 Å². The zero-order chi connectivity index (χ0) is 18.7. The van der Waals surface area contributed by atoms with Gasteiger partial charge >= 0.3 is 5.97 Å². The second kappa shape index (κ2) is 7.84. The smallest absolute Gasteiger partial charge is 0.357 e. The predicted octanol–water partition coefficient (Wildman–Crippen LogP) is 2.96. The zero-order valence-corrected chi connectivity index (χ0v) is 15.5. The van der Waals surface area contributed by atoms with Crippen LogP contribution in [0.25, 0.3) is 0 Å². The molecule has 2 aromatic rings. The van der Waals surface area contributed by atoms with Gasteiger partial charge in [0.05, 0.1) is 12.5 Å². The standard InChI is InChI=1S/C17H16ClN3O4S/c1-2-25-16(24)13-9-26-17(19-13)20-15(23)10-6-14(22)21(8-10)12-5-3-4-11(18)7-12/h3-5,7,9-10H,2,6,8H2,1H3,(H,19,20,23). The second-order valence-electron chi connectivity index (χ2n) is 5.63. The van der Waals surface area contributed by atoms with Gasteiger partial charge in [-0.05, 0) is 25.1 Å². The van der Waals surface area contributed by atoms with E-state index in [0.29, 0.717) is 15.8 Å². The first-order chi connectivity index (χ1) is 12.5. The third-order valence-electron chi connectivity index (χ3n) is 3.83. The Hall–Kier alpha value is -2.45. The van der Waals surface area contributed by atoms with Crippen molar-refractivity contribution in [3.63, 3.8) is 0 Å². The first kappa shape index (κ1) is 18.3. The fraction of sp³-hybridized carbons (Fsp3) is 0.294. The number of benzene rings is 1. The second-order valence-corrected chi connectivity index (χ2v) is 6.93. The molecule has 1 aliphatic rings. The van der Waals surface area contributed by atoms with Crippen LogP contribution in [-0.2, 0) is 14.3 Å². The van der Waals surface area contributed by atoms with Crippen molar-refractivity contribution in [2.45, 2.75) is 13.3 Å². The van der Waals surface area contributed by atoms with Crippen LogP contribution >= 0.6 is 22.9 Å². The largest absolute Gasteiger partial charge is 0.461 e. The van der Waals surface area contributed by atoms with E-state index in [1.165, 1.54) is 5.38 Å². The summed E-state index contributed by atoms with van der Waals surface area (Å²) in [6.45, 7) is 2.22. The molecule has 9 heteroatoms. The van der Waals surface area contributed by atoms with Gasteiger partial charge in [0.25, 0.3) is 0 Å². The third kappa shape index (κ3) is 4.03. The lowest BCUT2D eigenvalue weighted by Gasteiger charge is -2.16. The number of halogens is 1. The Balaban J connectivity index is 1.64. The highest BCUT2D eigenvalue weighted by molar-refractivity contribution is 7.14. The van der Waals surface area contributed by atoms with E-state index in [1.807, 2.05) is 0 Å². The lowest BCUT2D eigenvalue weighted by Crippen LogP contribution is -2.28. The van der Waals surface area contributed by atoms with Crippen LogP contribution in [0.2, 0.25) is 5.02 Å². The van der Waals surface area contributed by atoms with Crippen LogP contribution in [0.1, 0.15) is 23.8 Å². The van der Waals surface area contributed by atoms with E-state index in [-0.39, 0.29) is 37.1 Å². The Labute approximate surface area is 158 Å². The molecule has 0 aliphatic carbocycles. The van der Waals surface area contributed by atoms with Gasteiger partial charge in [-0.25, -0.2) is 9.78 Å². The van der Waals surface area contributed by atoms with E-state index in [2.05, 4.69) is 10.3 Å². The molecule has 1 fully saturated rings. The molecule has 1 saturated heterocycles. The number of nitrogens with one attached hydrogen (secondary N) is 1. The van der Waals surface area contributed by atoms with Crippen molar-refractivity contribution in [3.8, 4) is 0 Å². The summed E-state index contributed by atoms with van der Waals surface area (Å²) < 4.78 is 4.86. The van der Waals surface area contributed by atoms with Crippen LogP contribution in [0.4, 0.5) is 10.8 Å². The Morgan fingerprint density at radius 1 is 1.46 bits per heavy atom. The molecule has 26 heavy (non-hydrogen) atoms. The van der Waals surface area contributed by atoms with Crippen LogP contribution in [0.3, 0.4) is 0 Å². The number of rotatable bonds is 5. The van der Waals surface area contributed by atoms with Gasteiger partial charge in [-0.15, -0.1) is 11.3 Å². The Bertz CT molecular complexity index is 854. The molecular formula is C17H16ClN3O4S. The molecule has 1 N–H and O–H groups in total. The highest BCUT2D eigenvalue weighted by Gasteiger charge is 2.35. The summed E-state index contributed by atoms with van der Waals surface area (Å²) in [5, 5.41) is 5.00. The van der Waals surface area contributed by atoms with Gasteiger partial charge in [-0.2, -0.15) is 0 Å². The lowest BCUT2D eigenvalue weighted by atomic mass is 10.1. The highest BCUT2D eigenvalue weighted by Crippen LogP contribution is 2.28. The van der Waals surface area contributed by atoms with Crippen LogP contribution in [0.5, 0.6) is 0 Å². The molecule has 1 aromatic carbocycles. The fourth-order valence-electron chi connectivity index (χ4n) is 2.61. The first-order valence-electron chi connectivity index (χ1n) is 7.97. The number of carbonyl (C=O) groups is 3. The quantitative estimate of drug-likeness (QED) is 0.789. The van der Waals surface area contributed by atoms with Crippen molar-refractivity contribution < 1.29 is 19.1 Å². The maximum atomic E-state index is 12.4. The van der Waals surface area contributed by atoms with E-state index in [1.54, 1.807) is 36.1 Å². The van der Waals surface area contributed by atoms with Crippen molar-refractivity contribution >= 4 is 51.5 Å². The minimum Gasteiger partial charge on any atom is -0.461 e. The molecule has 3 rings (SSSR count). The van der Waals surface area contributed by atoms with E-state index >= 15 is 0 Å². The van der Waals surface area contributed by atoms with Gasteiger partial charge in [0, 0.05) is 29.1 Å². The van der Waals surface area contributed by atoms with Gasteiger partial charge in [0.15, 0.2) is 10.8 Å². The van der Waals surface area contributed by atoms with Crippen molar-refractivity contribution in [3.05, 3.63) is 40.4 Å². The summed E-state index contributed by atoms with van der Waals surface area (Å²) in [7, 11) is 0. The number of thiazole rings is 1. The summed E-state index contributed by atoms with van der Waals surface area (Å²) in [6, 6.07) is 6.94. The molecule has 1 unspecified atom stereocenters.